The van der Waals surface area contributed by atoms with Crippen LogP contribution in [0.2, 0.25) is 0 Å². The summed E-state index contributed by atoms with van der Waals surface area (Å²) in [5, 5.41) is 18.3. The van der Waals surface area contributed by atoms with Crippen LogP contribution in [0, 0.1) is 0 Å². The number of hydrogen-bond acceptors (Lipinski definition) is 4. The van der Waals surface area contributed by atoms with Crippen molar-refractivity contribution >= 4 is 17.7 Å². The molecule has 2 unspecified atom stereocenters. The van der Waals surface area contributed by atoms with E-state index in [1.54, 1.807) is 6.07 Å². The molecule has 1 aliphatic rings. The Morgan fingerprint density at radius 3 is 2.55 bits per heavy atom. The summed E-state index contributed by atoms with van der Waals surface area (Å²) in [6, 6.07) is 1.77. The molecule has 2 rings (SSSR count). The van der Waals surface area contributed by atoms with Crippen molar-refractivity contribution in [2.45, 2.75) is 51.2 Å². The zero-order valence-corrected chi connectivity index (χ0v) is 11.8. The van der Waals surface area contributed by atoms with Crippen molar-refractivity contribution in [3.63, 3.8) is 0 Å². The quantitative estimate of drug-likeness (QED) is 0.774. The van der Waals surface area contributed by atoms with Gasteiger partial charge in [0.2, 0.25) is 0 Å². The monoisotopic (exact) mass is 281 g/mol. The second-order valence-electron chi connectivity index (χ2n) is 5.94. The molecule has 1 aromatic heterocycles. The zero-order chi connectivity index (χ0) is 14.9. The minimum absolute atomic E-state index is 0.0890. The molecule has 20 heavy (non-hydrogen) atoms. The molecule has 0 bridgehead atoms. The van der Waals surface area contributed by atoms with Crippen LogP contribution >= 0.6 is 0 Å². The van der Waals surface area contributed by atoms with Crippen LogP contribution in [0.4, 0.5) is 5.82 Å². The molecule has 110 valence electrons. The predicted molar refractivity (Wildman–Crippen MR) is 71.4 cm³/mol. The summed E-state index contributed by atoms with van der Waals surface area (Å²) < 4.78 is 5.18. The van der Waals surface area contributed by atoms with Gasteiger partial charge in [-0.1, -0.05) is 20.8 Å². The zero-order valence-electron chi connectivity index (χ0n) is 11.8. The summed E-state index contributed by atoms with van der Waals surface area (Å²) in [5.41, 5.74) is 0.817. The lowest BCUT2D eigenvalue weighted by atomic mass is 9.92. The van der Waals surface area contributed by atoms with E-state index < -0.39 is 18.2 Å². The number of nitrogens with zero attached hydrogens (tertiary/aromatic N) is 1. The van der Waals surface area contributed by atoms with E-state index in [9.17, 15) is 9.59 Å². The first-order valence-electron chi connectivity index (χ1n) is 6.52. The highest BCUT2D eigenvalue weighted by Gasteiger charge is 2.35. The molecule has 2 atom stereocenters. The molecule has 1 fully saturated rings. The van der Waals surface area contributed by atoms with Crippen LogP contribution < -0.4 is 5.32 Å². The van der Waals surface area contributed by atoms with Gasteiger partial charge in [0, 0.05) is 17.2 Å². The van der Waals surface area contributed by atoms with Gasteiger partial charge in [0.1, 0.15) is 6.10 Å². The summed E-state index contributed by atoms with van der Waals surface area (Å²) in [6.07, 6.45) is -0.874. The van der Waals surface area contributed by atoms with E-state index in [1.807, 2.05) is 20.8 Å². The summed E-state index contributed by atoms with van der Waals surface area (Å²) in [5.74, 6) is -0.974. The Balaban J connectivity index is 1.95. The lowest BCUT2D eigenvalue weighted by Gasteiger charge is -2.14. The van der Waals surface area contributed by atoms with Gasteiger partial charge in [-0.05, 0) is 12.8 Å². The maximum absolute atomic E-state index is 12.0. The SMILES string of the molecule is CC(C)(C)c1cc(NC(=O)C2CCC(C(=O)O)O2)n[nH]1. The third-order valence-corrected chi connectivity index (χ3v) is 3.22. The molecule has 1 aromatic rings. The van der Waals surface area contributed by atoms with Gasteiger partial charge in [-0.3, -0.25) is 9.89 Å². The fourth-order valence-corrected chi connectivity index (χ4v) is 1.99. The minimum Gasteiger partial charge on any atom is -0.479 e. The Bertz CT molecular complexity index is 518. The van der Waals surface area contributed by atoms with Gasteiger partial charge in [0.15, 0.2) is 11.9 Å². The fraction of sp³-hybridized carbons (Fsp3) is 0.615. The highest BCUT2D eigenvalue weighted by atomic mass is 16.5. The Morgan fingerprint density at radius 1 is 1.40 bits per heavy atom. The van der Waals surface area contributed by atoms with Crippen molar-refractivity contribution in [3.05, 3.63) is 11.8 Å². The molecule has 0 spiro atoms. The van der Waals surface area contributed by atoms with E-state index in [2.05, 4.69) is 15.5 Å². The van der Waals surface area contributed by atoms with E-state index in [1.165, 1.54) is 0 Å². The number of H-pyrrole nitrogens is 1. The molecule has 0 saturated carbocycles. The summed E-state index contributed by atoms with van der Waals surface area (Å²) in [7, 11) is 0. The third kappa shape index (κ3) is 3.16. The van der Waals surface area contributed by atoms with Crippen LogP contribution in [0.25, 0.3) is 0 Å². The number of carboxylic acid groups (broad SMARTS) is 1. The van der Waals surface area contributed by atoms with Gasteiger partial charge in [0.05, 0.1) is 0 Å². The molecule has 7 nitrogen and oxygen atoms in total. The number of anilines is 1. The van der Waals surface area contributed by atoms with Crippen LogP contribution in [0.5, 0.6) is 0 Å². The standard InChI is InChI=1S/C13H19N3O4/c1-13(2,3)9-6-10(16-15-9)14-11(17)7-4-5-8(20-7)12(18)19/h6-8H,4-5H2,1-3H3,(H,18,19)(H2,14,15,16,17). The van der Waals surface area contributed by atoms with Gasteiger partial charge >= 0.3 is 5.97 Å². The van der Waals surface area contributed by atoms with Gasteiger partial charge in [-0.15, -0.1) is 0 Å². The van der Waals surface area contributed by atoms with Gasteiger partial charge in [-0.25, -0.2) is 4.79 Å². The molecule has 1 aliphatic heterocycles. The maximum atomic E-state index is 12.0. The number of ether oxygens (including phenoxy) is 1. The Kier molecular flexibility index (Phi) is 3.80. The first-order chi connectivity index (χ1) is 9.27. The van der Waals surface area contributed by atoms with Crippen LogP contribution in [-0.4, -0.2) is 39.4 Å². The first-order valence-corrected chi connectivity index (χ1v) is 6.52. The van der Waals surface area contributed by atoms with Crippen molar-refractivity contribution in [1.29, 1.82) is 0 Å². The van der Waals surface area contributed by atoms with Crippen LogP contribution in [-0.2, 0) is 19.7 Å². The highest BCUT2D eigenvalue weighted by molar-refractivity contribution is 5.94. The maximum Gasteiger partial charge on any atom is 0.332 e. The molecule has 0 aliphatic carbocycles. The largest absolute Gasteiger partial charge is 0.479 e. The molecular formula is C13H19N3O4. The highest BCUT2D eigenvalue weighted by Crippen LogP contribution is 2.24. The van der Waals surface area contributed by atoms with E-state index in [0.717, 1.165) is 5.69 Å². The van der Waals surface area contributed by atoms with Crippen molar-refractivity contribution in [1.82, 2.24) is 10.2 Å². The smallest absolute Gasteiger partial charge is 0.332 e. The lowest BCUT2D eigenvalue weighted by Crippen LogP contribution is -2.30. The number of hydrogen-bond donors (Lipinski definition) is 3. The molecule has 1 amide bonds. The van der Waals surface area contributed by atoms with Crippen molar-refractivity contribution in [2.24, 2.45) is 0 Å². The van der Waals surface area contributed by atoms with Gasteiger partial charge in [0.25, 0.3) is 5.91 Å². The van der Waals surface area contributed by atoms with E-state index in [-0.39, 0.29) is 11.3 Å². The Hall–Kier alpha value is -1.89. The average Bonchev–Trinajstić information content (AvgIpc) is 2.95. The number of rotatable bonds is 3. The molecule has 7 heteroatoms. The second-order valence-corrected chi connectivity index (χ2v) is 5.94. The second kappa shape index (κ2) is 5.24. The molecule has 3 N–H and O–H groups in total. The summed E-state index contributed by atoms with van der Waals surface area (Å²) in [4.78, 5) is 22.7. The van der Waals surface area contributed by atoms with Crippen molar-refractivity contribution < 1.29 is 19.4 Å². The van der Waals surface area contributed by atoms with E-state index >= 15 is 0 Å². The first kappa shape index (κ1) is 14.5. The number of carboxylic acids is 1. The number of aromatic nitrogens is 2. The molecule has 1 saturated heterocycles. The number of carbonyl (C=O) groups is 2. The summed E-state index contributed by atoms with van der Waals surface area (Å²) in [6.45, 7) is 6.09. The number of aliphatic carboxylic acids is 1. The fourth-order valence-electron chi connectivity index (χ4n) is 1.99. The molecular weight excluding hydrogens is 262 g/mol. The van der Waals surface area contributed by atoms with Crippen molar-refractivity contribution in [2.75, 3.05) is 5.32 Å². The number of nitrogens with one attached hydrogen (secondary N) is 2. The third-order valence-electron chi connectivity index (χ3n) is 3.22. The predicted octanol–water partition coefficient (Wildman–Crippen LogP) is 1.28. The van der Waals surface area contributed by atoms with Crippen LogP contribution in [0.1, 0.15) is 39.3 Å². The number of aromatic amines is 1. The van der Waals surface area contributed by atoms with Gasteiger partial charge < -0.3 is 15.2 Å². The Morgan fingerprint density at radius 2 is 2.05 bits per heavy atom. The van der Waals surface area contributed by atoms with Crippen molar-refractivity contribution in [3.8, 4) is 0 Å². The van der Waals surface area contributed by atoms with Crippen LogP contribution in [0.3, 0.4) is 0 Å². The van der Waals surface area contributed by atoms with Crippen LogP contribution in [0.15, 0.2) is 6.07 Å². The normalized spacial score (nSPS) is 22.8. The molecule has 0 aromatic carbocycles. The van der Waals surface area contributed by atoms with E-state index in [4.69, 9.17) is 9.84 Å². The topological polar surface area (TPSA) is 104 Å². The average molecular weight is 281 g/mol. The lowest BCUT2D eigenvalue weighted by molar-refractivity contribution is -0.150. The summed E-state index contributed by atoms with van der Waals surface area (Å²) >= 11 is 0. The molecule has 0 radical (unpaired) electrons. The molecule has 2 heterocycles. The van der Waals surface area contributed by atoms with E-state index in [0.29, 0.717) is 18.7 Å². The number of carbonyl (C=O) groups excluding carboxylic acids is 1. The minimum atomic E-state index is -1.03. The number of amides is 1. The van der Waals surface area contributed by atoms with Gasteiger partial charge in [-0.2, -0.15) is 5.10 Å². The Labute approximate surface area is 116 Å².